The van der Waals surface area contributed by atoms with Crippen LogP contribution in [0.2, 0.25) is 0 Å². The molecule has 3 aliphatic heterocycles. The normalized spacial score (nSPS) is 26.6. The Morgan fingerprint density at radius 3 is 2.63 bits per heavy atom. The van der Waals surface area contributed by atoms with Crippen LogP contribution in [0.15, 0.2) is 54.6 Å². The Kier molecular flexibility index (Phi) is 3.68. The zero-order valence-electron chi connectivity index (χ0n) is 16.0. The molecule has 0 unspecified atom stereocenters. The smallest absolute Gasteiger partial charge is 0.0483 e. The SMILES string of the molecule is C1=CCC(CN2CC[C@@H]3[C@@H](C2)c2cccc4c2N3c2ccccc2CC4)C1. The molecule has 3 heterocycles. The van der Waals surface area contributed by atoms with E-state index in [2.05, 4.69) is 64.4 Å². The maximum atomic E-state index is 2.76. The Morgan fingerprint density at radius 1 is 0.889 bits per heavy atom. The molecule has 1 aliphatic carbocycles. The standard InChI is InChI=1S/C25H28N2/c1-2-7-18(6-1)16-26-15-14-24-22(17-26)21-10-5-9-20-13-12-19-8-3-4-11-23(19)27(24)25(20)21/h1-5,8-11,18,22,24H,6-7,12-17H2/t22-,24+/m0/s1. The third kappa shape index (κ3) is 2.50. The van der Waals surface area contributed by atoms with Crippen molar-refractivity contribution < 1.29 is 0 Å². The average Bonchev–Trinajstić information content (AvgIpc) is 3.28. The molecule has 0 N–H and O–H groups in total. The summed E-state index contributed by atoms with van der Waals surface area (Å²) in [4.78, 5) is 5.50. The lowest BCUT2D eigenvalue weighted by Crippen LogP contribution is -2.46. The topological polar surface area (TPSA) is 6.48 Å². The summed E-state index contributed by atoms with van der Waals surface area (Å²) in [6.45, 7) is 3.76. The largest absolute Gasteiger partial charge is 0.337 e. The van der Waals surface area contributed by atoms with E-state index in [9.17, 15) is 0 Å². The zero-order valence-corrected chi connectivity index (χ0v) is 16.0. The summed E-state index contributed by atoms with van der Waals surface area (Å²) >= 11 is 0. The summed E-state index contributed by atoms with van der Waals surface area (Å²) < 4.78 is 0. The van der Waals surface area contributed by atoms with Gasteiger partial charge in [0.15, 0.2) is 0 Å². The van der Waals surface area contributed by atoms with Crippen molar-refractivity contribution in [3.63, 3.8) is 0 Å². The highest BCUT2D eigenvalue weighted by atomic mass is 15.2. The van der Waals surface area contributed by atoms with Gasteiger partial charge in [-0.05, 0) is 60.8 Å². The molecular formula is C25H28N2. The molecule has 6 rings (SSSR count). The first-order valence-electron chi connectivity index (χ1n) is 10.7. The lowest BCUT2D eigenvalue weighted by atomic mass is 9.87. The quantitative estimate of drug-likeness (QED) is 0.694. The first kappa shape index (κ1) is 15.9. The Bertz CT molecular complexity index is 891. The summed E-state index contributed by atoms with van der Waals surface area (Å²) in [5.74, 6) is 1.51. The number of para-hydroxylation sites is 2. The van der Waals surface area contributed by atoms with E-state index in [0.29, 0.717) is 12.0 Å². The first-order chi connectivity index (χ1) is 13.4. The Labute approximate surface area is 162 Å². The number of aryl methyl sites for hydroxylation is 2. The summed E-state index contributed by atoms with van der Waals surface area (Å²) in [7, 11) is 0. The molecule has 0 radical (unpaired) electrons. The van der Waals surface area contributed by atoms with Gasteiger partial charge in [-0.2, -0.15) is 0 Å². The maximum Gasteiger partial charge on any atom is 0.0483 e. The monoisotopic (exact) mass is 356 g/mol. The molecule has 2 heteroatoms. The molecule has 1 saturated heterocycles. The average molecular weight is 357 g/mol. The van der Waals surface area contributed by atoms with Crippen molar-refractivity contribution >= 4 is 11.4 Å². The number of piperidine rings is 1. The molecular weight excluding hydrogens is 328 g/mol. The Hall–Kier alpha value is -2.06. The molecule has 138 valence electrons. The van der Waals surface area contributed by atoms with Crippen LogP contribution in [0.5, 0.6) is 0 Å². The Balaban J connectivity index is 1.37. The number of nitrogens with zero attached hydrogens (tertiary/aromatic N) is 2. The highest BCUT2D eigenvalue weighted by Crippen LogP contribution is 2.52. The first-order valence-corrected chi connectivity index (χ1v) is 10.7. The highest BCUT2D eigenvalue weighted by molar-refractivity contribution is 5.79. The fourth-order valence-electron chi connectivity index (χ4n) is 6.07. The Morgan fingerprint density at radius 2 is 1.70 bits per heavy atom. The molecule has 27 heavy (non-hydrogen) atoms. The van der Waals surface area contributed by atoms with Crippen molar-refractivity contribution in [1.29, 1.82) is 0 Å². The van der Waals surface area contributed by atoms with Crippen molar-refractivity contribution in [3.8, 4) is 0 Å². The third-order valence-corrected chi connectivity index (χ3v) is 7.32. The molecule has 0 saturated carbocycles. The van der Waals surface area contributed by atoms with E-state index in [1.165, 1.54) is 63.0 Å². The maximum absolute atomic E-state index is 2.76. The summed E-state index contributed by atoms with van der Waals surface area (Å²) in [6, 6.07) is 16.9. The number of allylic oxidation sites excluding steroid dienone is 2. The van der Waals surface area contributed by atoms with Crippen molar-refractivity contribution in [2.24, 2.45) is 5.92 Å². The van der Waals surface area contributed by atoms with Crippen molar-refractivity contribution in [2.45, 2.75) is 44.1 Å². The summed E-state index contributed by atoms with van der Waals surface area (Å²) in [5, 5.41) is 0. The van der Waals surface area contributed by atoms with Gasteiger partial charge in [-0.25, -0.2) is 0 Å². The molecule has 0 bridgehead atoms. The van der Waals surface area contributed by atoms with Crippen LogP contribution in [-0.2, 0) is 12.8 Å². The van der Waals surface area contributed by atoms with Crippen LogP contribution < -0.4 is 4.90 Å². The van der Waals surface area contributed by atoms with Gasteiger partial charge in [-0.3, -0.25) is 0 Å². The van der Waals surface area contributed by atoms with Gasteiger partial charge in [-0.1, -0.05) is 48.6 Å². The van der Waals surface area contributed by atoms with Gasteiger partial charge in [-0.15, -0.1) is 0 Å². The molecule has 0 amide bonds. The molecule has 4 aliphatic rings. The molecule has 2 nitrogen and oxygen atoms in total. The molecule has 2 aromatic carbocycles. The molecule has 0 spiro atoms. The zero-order chi connectivity index (χ0) is 17.8. The second kappa shape index (κ2) is 6.24. The second-order valence-corrected chi connectivity index (χ2v) is 8.88. The molecule has 2 aromatic rings. The lowest BCUT2D eigenvalue weighted by molar-refractivity contribution is 0.172. The van der Waals surface area contributed by atoms with E-state index < -0.39 is 0 Å². The van der Waals surface area contributed by atoms with Crippen LogP contribution in [0.3, 0.4) is 0 Å². The van der Waals surface area contributed by atoms with Crippen molar-refractivity contribution in [3.05, 3.63) is 71.3 Å². The third-order valence-electron chi connectivity index (χ3n) is 7.32. The number of likely N-dealkylation sites (tertiary alicyclic amines) is 1. The van der Waals surface area contributed by atoms with Gasteiger partial charge in [0.25, 0.3) is 0 Å². The predicted molar refractivity (Wildman–Crippen MR) is 112 cm³/mol. The minimum absolute atomic E-state index is 0.637. The van der Waals surface area contributed by atoms with Crippen LogP contribution in [0.25, 0.3) is 0 Å². The van der Waals surface area contributed by atoms with Gasteiger partial charge in [0.2, 0.25) is 0 Å². The predicted octanol–water partition coefficient (Wildman–Crippen LogP) is 5.06. The van der Waals surface area contributed by atoms with E-state index in [1.807, 2.05) is 0 Å². The van der Waals surface area contributed by atoms with E-state index in [1.54, 1.807) is 16.8 Å². The van der Waals surface area contributed by atoms with Crippen molar-refractivity contribution in [1.82, 2.24) is 4.90 Å². The molecule has 0 aromatic heterocycles. The van der Waals surface area contributed by atoms with E-state index in [0.717, 1.165) is 5.92 Å². The van der Waals surface area contributed by atoms with Gasteiger partial charge >= 0.3 is 0 Å². The molecule has 2 atom stereocenters. The van der Waals surface area contributed by atoms with Crippen LogP contribution >= 0.6 is 0 Å². The van der Waals surface area contributed by atoms with Crippen LogP contribution in [-0.4, -0.2) is 30.6 Å². The number of hydrogen-bond acceptors (Lipinski definition) is 2. The number of benzene rings is 2. The summed E-state index contributed by atoms with van der Waals surface area (Å²) in [6.07, 6.45) is 10.9. The molecule has 1 fully saturated rings. The van der Waals surface area contributed by atoms with Crippen LogP contribution in [0.1, 0.15) is 41.9 Å². The van der Waals surface area contributed by atoms with Gasteiger partial charge in [0.05, 0.1) is 0 Å². The number of fused-ring (bicyclic) bond motifs is 5. The van der Waals surface area contributed by atoms with Gasteiger partial charge < -0.3 is 9.80 Å². The van der Waals surface area contributed by atoms with Gasteiger partial charge in [0.1, 0.15) is 0 Å². The van der Waals surface area contributed by atoms with E-state index in [4.69, 9.17) is 0 Å². The van der Waals surface area contributed by atoms with E-state index in [-0.39, 0.29) is 0 Å². The number of anilines is 2. The van der Waals surface area contributed by atoms with Crippen LogP contribution in [0, 0.1) is 5.92 Å². The highest BCUT2D eigenvalue weighted by Gasteiger charge is 2.44. The summed E-state index contributed by atoms with van der Waals surface area (Å²) in [5.41, 5.74) is 7.74. The lowest BCUT2D eigenvalue weighted by Gasteiger charge is -2.40. The van der Waals surface area contributed by atoms with Gasteiger partial charge in [0, 0.05) is 43.0 Å². The minimum atomic E-state index is 0.637. The van der Waals surface area contributed by atoms with E-state index >= 15 is 0 Å². The van der Waals surface area contributed by atoms with Crippen LogP contribution in [0.4, 0.5) is 11.4 Å². The second-order valence-electron chi connectivity index (χ2n) is 8.88. The number of hydrogen-bond donors (Lipinski definition) is 0. The fourth-order valence-corrected chi connectivity index (χ4v) is 6.07. The number of rotatable bonds is 2. The fraction of sp³-hybridized carbons (Fsp3) is 0.440. The van der Waals surface area contributed by atoms with Crippen molar-refractivity contribution in [2.75, 3.05) is 24.5 Å². The minimum Gasteiger partial charge on any atom is -0.337 e.